The van der Waals surface area contributed by atoms with E-state index in [0.717, 1.165) is 16.3 Å². The van der Waals surface area contributed by atoms with Crippen molar-refractivity contribution in [1.82, 2.24) is 5.32 Å². The van der Waals surface area contributed by atoms with Crippen LogP contribution in [0, 0.1) is 0 Å². The van der Waals surface area contributed by atoms with Crippen LogP contribution < -0.4 is 5.32 Å². The predicted octanol–water partition coefficient (Wildman–Crippen LogP) is 2.60. The SMILES string of the molecule is O=C(Cc1ccc2ccc3cccc4ccc1c2c34)NC(CO)CO. The molecule has 0 saturated carbocycles. The lowest BCUT2D eigenvalue weighted by Gasteiger charge is -2.16. The highest BCUT2D eigenvalue weighted by Gasteiger charge is 2.14. The molecule has 0 aliphatic rings. The number of amides is 1. The molecular formula is C21H19NO3. The van der Waals surface area contributed by atoms with E-state index in [1.165, 1.54) is 21.5 Å². The Labute approximate surface area is 145 Å². The summed E-state index contributed by atoms with van der Waals surface area (Å²) in [7, 11) is 0. The third-order valence-corrected chi connectivity index (χ3v) is 4.78. The van der Waals surface area contributed by atoms with E-state index in [2.05, 4.69) is 47.8 Å². The van der Waals surface area contributed by atoms with Crippen molar-refractivity contribution >= 4 is 38.2 Å². The molecule has 0 unspecified atom stereocenters. The smallest absolute Gasteiger partial charge is 0.224 e. The van der Waals surface area contributed by atoms with Gasteiger partial charge in [0.1, 0.15) is 0 Å². The van der Waals surface area contributed by atoms with Crippen molar-refractivity contribution in [3.63, 3.8) is 0 Å². The number of hydrogen-bond donors (Lipinski definition) is 3. The molecule has 0 bridgehead atoms. The van der Waals surface area contributed by atoms with Gasteiger partial charge in [0.2, 0.25) is 5.91 Å². The highest BCUT2D eigenvalue weighted by atomic mass is 16.3. The molecule has 0 heterocycles. The van der Waals surface area contributed by atoms with Crippen LogP contribution >= 0.6 is 0 Å². The molecule has 0 fully saturated rings. The van der Waals surface area contributed by atoms with Crippen LogP contribution in [0.5, 0.6) is 0 Å². The number of benzene rings is 4. The number of rotatable bonds is 5. The molecule has 25 heavy (non-hydrogen) atoms. The third kappa shape index (κ3) is 2.69. The van der Waals surface area contributed by atoms with Crippen LogP contribution in [0.15, 0.2) is 54.6 Å². The van der Waals surface area contributed by atoms with Crippen molar-refractivity contribution in [1.29, 1.82) is 0 Å². The lowest BCUT2D eigenvalue weighted by molar-refractivity contribution is -0.121. The summed E-state index contributed by atoms with van der Waals surface area (Å²) >= 11 is 0. The van der Waals surface area contributed by atoms with E-state index in [9.17, 15) is 4.79 Å². The summed E-state index contributed by atoms with van der Waals surface area (Å²) in [6.07, 6.45) is 0.213. The van der Waals surface area contributed by atoms with Gasteiger partial charge in [0, 0.05) is 0 Å². The van der Waals surface area contributed by atoms with E-state index < -0.39 is 6.04 Å². The molecule has 3 N–H and O–H groups in total. The number of carbonyl (C=O) groups is 1. The maximum atomic E-state index is 12.3. The van der Waals surface area contributed by atoms with Crippen LogP contribution in [0.3, 0.4) is 0 Å². The Balaban J connectivity index is 1.81. The van der Waals surface area contributed by atoms with Crippen LogP contribution in [0.4, 0.5) is 0 Å². The first kappa shape index (κ1) is 15.8. The molecule has 4 aromatic carbocycles. The molecule has 4 aromatic rings. The van der Waals surface area contributed by atoms with Crippen molar-refractivity contribution < 1.29 is 15.0 Å². The zero-order chi connectivity index (χ0) is 17.4. The van der Waals surface area contributed by atoms with Gasteiger partial charge < -0.3 is 15.5 Å². The molecule has 0 aromatic heterocycles. The summed E-state index contributed by atoms with van der Waals surface area (Å²) in [5.41, 5.74) is 0.942. The monoisotopic (exact) mass is 333 g/mol. The molecular weight excluding hydrogens is 314 g/mol. The summed E-state index contributed by atoms with van der Waals surface area (Å²) in [6, 6.07) is 18.1. The topological polar surface area (TPSA) is 69.6 Å². The highest BCUT2D eigenvalue weighted by Crippen LogP contribution is 2.35. The number of hydrogen-bond acceptors (Lipinski definition) is 3. The Hall–Kier alpha value is -2.69. The number of aliphatic hydroxyl groups is 2. The Morgan fingerprint density at radius 2 is 1.44 bits per heavy atom. The van der Waals surface area contributed by atoms with Crippen molar-refractivity contribution in [3.05, 3.63) is 60.2 Å². The first-order chi connectivity index (χ1) is 12.2. The molecule has 0 spiro atoms. The van der Waals surface area contributed by atoms with Gasteiger partial charge in [0.15, 0.2) is 0 Å². The second-order valence-electron chi connectivity index (χ2n) is 6.39. The lowest BCUT2D eigenvalue weighted by Crippen LogP contribution is -2.40. The maximum Gasteiger partial charge on any atom is 0.224 e. The van der Waals surface area contributed by atoms with E-state index in [0.29, 0.717) is 0 Å². The molecule has 4 rings (SSSR count). The molecule has 0 aliphatic carbocycles. The molecule has 126 valence electrons. The Bertz CT molecular complexity index is 1040. The van der Waals surface area contributed by atoms with Gasteiger partial charge in [-0.05, 0) is 37.9 Å². The van der Waals surface area contributed by atoms with E-state index in [4.69, 9.17) is 10.2 Å². The normalized spacial score (nSPS) is 11.8. The van der Waals surface area contributed by atoms with E-state index >= 15 is 0 Å². The molecule has 0 saturated heterocycles. The van der Waals surface area contributed by atoms with Gasteiger partial charge in [-0.15, -0.1) is 0 Å². The largest absolute Gasteiger partial charge is 0.394 e. The number of nitrogens with one attached hydrogen (secondary N) is 1. The van der Waals surface area contributed by atoms with Gasteiger partial charge in [-0.2, -0.15) is 0 Å². The molecule has 4 nitrogen and oxygen atoms in total. The second-order valence-corrected chi connectivity index (χ2v) is 6.39. The average Bonchev–Trinajstić information content (AvgIpc) is 2.65. The summed E-state index contributed by atoms with van der Waals surface area (Å²) in [6.45, 7) is -0.554. The van der Waals surface area contributed by atoms with Crippen LogP contribution in [0.1, 0.15) is 5.56 Å². The Morgan fingerprint density at radius 1 is 0.840 bits per heavy atom. The number of aliphatic hydroxyl groups excluding tert-OH is 2. The van der Waals surface area contributed by atoms with Crippen molar-refractivity contribution in [2.24, 2.45) is 0 Å². The quantitative estimate of drug-likeness (QED) is 0.492. The fraction of sp³-hybridized carbons (Fsp3) is 0.190. The second kappa shape index (κ2) is 6.31. The third-order valence-electron chi connectivity index (χ3n) is 4.78. The van der Waals surface area contributed by atoms with Crippen molar-refractivity contribution in [2.45, 2.75) is 12.5 Å². The van der Waals surface area contributed by atoms with Crippen molar-refractivity contribution in [3.8, 4) is 0 Å². The van der Waals surface area contributed by atoms with Gasteiger partial charge in [-0.1, -0.05) is 54.6 Å². The fourth-order valence-corrected chi connectivity index (χ4v) is 3.55. The fourth-order valence-electron chi connectivity index (χ4n) is 3.55. The van der Waals surface area contributed by atoms with Gasteiger partial charge in [-0.25, -0.2) is 0 Å². The molecule has 0 aliphatic heterocycles. The molecule has 0 atom stereocenters. The van der Waals surface area contributed by atoms with Crippen LogP contribution in [-0.4, -0.2) is 35.4 Å². The summed E-state index contributed by atoms with van der Waals surface area (Å²) in [5, 5.41) is 27.9. The van der Waals surface area contributed by atoms with Gasteiger partial charge >= 0.3 is 0 Å². The minimum Gasteiger partial charge on any atom is -0.394 e. The number of carbonyl (C=O) groups excluding carboxylic acids is 1. The van der Waals surface area contributed by atoms with E-state index in [1.54, 1.807) is 0 Å². The summed E-state index contributed by atoms with van der Waals surface area (Å²) < 4.78 is 0. The van der Waals surface area contributed by atoms with Gasteiger partial charge in [-0.3, -0.25) is 4.79 Å². The highest BCUT2D eigenvalue weighted by molar-refractivity contribution is 6.23. The zero-order valence-electron chi connectivity index (χ0n) is 13.7. The lowest BCUT2D eigenvalue weighted by atomic mass is 9.91. The van der Waals surface area contributed by atoms with Crippen molar-refractivity contribution in [2.75, 3.05) is 13.2 Å². The van der Waals surface area contributed by atoms with Crippen LogP contribution in [-0.2, 0) is 11.2 Å². The van der Waals surface area contributed by atoms with Gasteiger partial charge in [0.25, 0.3) is 0 Å². The minimum absolute atomic E-state index is 0.205. The van der Waals surface area contributed by atoms with Crippen LogP contribution in [0.2, 0.25) is 0 Å². The Kier molecular flexibility index (Phi) is 3.99. The molecule has 4 heteroatoms. The predicted molar refractivity (Wildman–Crippen MR) is 100.0 cm³/mol. The first-order valence-corrected chi connectivity index (χ1v) is 8.37. The summed E-state index contributed by atoms with van der Waals surface area (Å²) in [5.74, 6) is -0.205. The molecule has 1 amide bonds. The van der Waals surface area contributed by atoms with Crippen LogP contribution in [0.25, 0.3) is 32.3 Å². The average molecular weight is 333 g/mol. The minimum atomic E-state index is -0.618. The molecule has 0 radical (unpaired) electrons. The maximum absolute atomic E-state index is 12.3. The van der Waals surface area contributed by atoms with E-state index in [1.807, 2.05) is 12.1 Å². The van der Waals surface area contributed by atoms with E-state index in [-0.39, 0.29) is 25.5 Å². The Morgan fingerprint density at radius 3 is 2.12 bits per heavy atom. The summed E-state index contributed by atoms with van der Waals surface area (Å²) in [4.78, 5) is 12.3. The zero-order valence-corrected chi connectivity index (χ0v) is 13.7. The van der Waals surface area contributed by atoms with Gasteiger partial charge in [0.05, 0.1) is 25.7 Å². The standard InChI is InChI=1S/C21H19NO3/c23-11-17(12-24)22-19(25)10-16-7-6-15-5-4-13-2-1-3-14-8-9-18(16)21(15)20(13)14/h1-9,17,23-24H,10-12H2,(H,22,25). The first-order valence-electron chi connectivity index (χ1n) is 8.37.